The predicted molar refractivity (Wildman–Crippen MR) is 79.0 cm³/mol. The minimum Gasteiger partial charge on any atom is -0.378 e. The second kappa shape index (κ2) is 9.80. The Balaban J connectivity index is 2.12. The van der Waals surface area contributed by atoms with Crippen LogP contribution in [0.25, 0.3) is 0 Å². The molecule has 1 N–H and O–H groups in total. The van der Waals surface area contributed by atoms with E-state index in [1.807, 2.05) is 0 Å². The van der Waals surface area contributed by atoms with E-state index < -0.39 is 0 Å². The number of nitrogens with one attached hydrogen (secondary N) is 1. The maximum atomic E-state index is 6.13. The van der Waals surface area contributed by atoms with Crippen molar-refractivity contribution in [3.63, 3.8) is 0 Å². The van der Waals surface area contributed by atoms with Gasteiger partial charge in [0.05, 0.1) is 6.10 Å². The van der Waals surface area contributed by atoms with Crippen LogP contribution in [-0.4, -0.2) is 25.3 Å². The lowest BCUT2D eigenvalue weighted by Gasteiger charge is -2.30. The Morgan fingerprint density at radius 1 is 1.11 bits per heavy atom. The number of ether oxygens (including phenoxy) is 1. The van der Waals surface area contributed by atoms with E-state index in [-0.39, 0.29) is 0 Å². The summed E-state index contributed by atoms with van der Waals surface area (Å²) in [5.74, 6) is 0.788. The Bertz CT molecular complexity index is 188. The molecule has 0 heterocycles. The van der Waals surface area contributed by atoms with Crippen molar-refractivity contribution in [3.05, 3.63) is 0 Å². The van der Waals surface area contributed by atoms with Crippen LogP contribution in [-0.2, 0) is 4.74 Å². The molecule has 0 spiro atoms. The summed E-state index contributed by atoms with van der Waals surface area (Å²) in [6.07, 6.45) is 10.9. The molecule has 2 heteroatoms. The second-order valence-electron chi connectivity index (χ2n) is 5.78. The van der Waals surface area contributed by atoms with Gasteiger partial charge in [-0.05, 0) is 44.6 Å². The lowest BCUT2D eigenvalue weighted by molar-refractivity contribution is 0.000649. The van der Waals surface area contributed by atoms with E-state index in [0.29, 0.717) is 6.10 Å². The van der Waals surface area contributed by atoms with Gasteiger partial charge in [-0.25, -0.2) is 0 Å². The van der Waals surface area contributed by atoms with Crippen molar-refractivity contribution in [1.82, 2.24) is 5.32 Å². The third-order valence-corrected chi connectivity index (χ3v) is 4.28. The van der Waals surface area contributed by atoms with Gasteiger partial charge in [0, 0.05) is 12.6 Å². The van der Waals surface area contributed by atoms with Gasteiger partial charge in [0.1, 0.15) is 0 Å². The van der Waals surface area contributed by atoms with Gasteiger partial charge in [0.25, 0.3) is 0 Å². The summed E-state index contributed by atoms with van der Waals surface area (Å²) in [7, 11) is 0. The summed E-state index contributed by atoms with van der Waals surface area (Å²) in [5, 5.41) is 3.55. The molecule has 1 aliphatic rings. The fourth-order valence-corrected chi connectivity index (χ4v) is 2.89. The molecule has 1 saturated carbocycles. The van der Waals surface area contributed by atoms with Gasteiger partial charge >= 0.3 is 0 Å². The standard InChI is InChI=1S/C16H33NO/c1-4-7-8-14(5-2)13-18-16-11-9-15(10-12-16)17-6-3/h14-17H,4-13H2,1-3H3. The van der Waals surface area contributed by atoms with Crippen molar-refractivity contribution < 1.29 is 4.74 Å². The summed E-state index contributed by atoms with van der Waals surface area (Å²) in [6, 6.07) is 0.747. The van der Waals surface area contributed by atoms with Gasteiger partial charge in [-0.2, -0.15) is 0 Å². The Labute approximate surface area is 114 Å². The average molecular weight is 255 g/mol. The summed E-state index contributed by atoms with van der Waals surface area (Å²) >= 11 is 0. The van der Waals surface area contributed by atoms with E-state index in [9.17, 15) is 0 Å². The molecule has 1 aliphatic carbocycles. The zero-order valence-corrected chi connectivity index (χ0v) is 12.7. The molecule has 0 aliphatic heterocycles. The normalized spacial score (nSPS) is 26.2. The van der Waals surface area contributed by atoms with Crippen LogP contribution in [0.1, 0.15) is 72.1 Å². The maximum absolute atomic E-state index is 6.13. The smallest absolute Gasteiger partial charge is 0.0576 e. The van der Waals surface area contributed by atoms with E-state index in [1.165, 1.54) is 51.4 Å². The first-order chi connectivity index (χ1) is 8.80. The Hall–Kier alpha value is -0.0800. The van der Waals surface area contributed by atoms with Crippen LogP contribution in [0.5, 0.6) is 0 Å². The minimum atomic E-state index is 0.538. The molecule has 1 unspecified atom stereocenters. The molecule has 0 aromatic heterocycles. The highest BCUT2D eigenvalue weighted by atomic mass is 16.5. The highest BCUT2D eigenvalue weighted by Crippen LogP contribution is 2.23. The lowest BCUT2D eigenvalue weighted by atomic mass is 9.92. The van der Waals surface area contributed by atoms with Crippen molar-refractivity contribution >= 4 is 0 Å². The Morgan fingerprint density at radius 3 is 2.39 bits per heavy atom. The van der Waals surface area contributed by atoms with Crippen molar-refractivity contribution in [1.29, 1.82) is 0 Å². The summed E-state index contributed by atoms with van der Waals surface area (Å²) in [6.45, 7) is 8.86. The van der Waals surface area contributed by atoms with E-state index in [2.05, 4.69) is 26.1 Å². The summed E-state index contributed by atoms with van der Waals surface area (Å²) in [5.41, 5.74) is 0. The second-order valence-corrected chi connectivity index (χ2v) is 5.78. The monoisotopic (exact) mass is 255 g/mol. The van der Waals surface area contributed by atoms with E-state index in [0.717, 1.165) is 25.1 Å². The van der Waals surface area contributed by atoms with Gasteiger partial charge < -0.3 is 10.1 Å². The van der Waals surface area contributed by atoms with Gasteiger partial charge in [-0.1, -0.05) is 40.0 Å². The molecular formula is C16H33NO. The van der Waals surface area contributed by atoms with Crippen LogP contribution in [0.15, 0.2) is 0 Å². The number of unbranched alkanes of at least 4 members (excludes halogenated alkanes) is 1. The zero-order valence-electron chi connectivity index (χ0n) is 12.7. The van der Waals surface area contributed by atoms with Crippen LogP contribution in [0.4, 0.5) is 0 Å². The Kier molecular flexibility index (Phi) is 8.70. The molecule has 1 fully saturated rings. The number of hydrogen-bond donors (Lipinski definition) is 1. The van der Waals surface area contributed by atoms with Crippen LogP contribution in [0.2, 0.25) is 0 Å². The van der Waals surface area contributed by atoms with Gasteiger partial charge in [0.2, 0.25) is 0 Å². The van der Waals surface area contributed by atoms with E-state index in [4.69, 9.17) is 4.74 Å². The molecule has 108 valence electrons. The first kappa shape index (κ1) is 16.0. The highest BCUT2D eigenvalue weighted by Gasteiger charge is 2.21. The van der Waals surface area contributed by atoms with Crippen molar-refractivity contribution in [2.24, 2.45) is 5.92 Å². The molecule has 0 aromatic rings. The molecule has 2 nitrogen and oxygen atoms in total. The molecule has 0 aromatic carbocycles. The Morgan fingerprint density at radius 2 is 1.83 bits per heavy atom. The van der Waals surface area contributed by atoms with Crippen LogP contribution >= 0.6 is 0 Å². The van der Waals surface area contributed by atoms with Gasteiger partial charge in [0.15, 0.2) is 0 Å². The minimum absolute atomic E-state index is 0.538. The quantitative estimate of drug-likeness (QED) is 0.668. The molecule has 1 atom stereocenters. The fraction of sp³-hybridized carbons (Fsp3) is 1.00. The largest absolute Gasteiger partial charge is 0.378 e. The number of rotatable bonds is 9. The van der Waals surface area contributed by atoms with Crippen LogP contribution in [0, 0.1) is 5.92 Å². The molecule has 18 heavy (non-hydrogen) atoms. The fourth-order valence-electron chi connectivity index (χ4n) is 2.89. The first-order valence-corrected chi connectivity index (χ1v) is 8.15. The topological polar surface area (TPSA) is 21.3 Å². The van der Waals surface area contributed by atoms with E-state index >= 15 is 0 Å². The lowest BCUT2D eigenvalue weighted by Crippen LogP contribution is -2.35. The van der Waals surface area contributed by atoms with E-state index in [1.54, 1.807) is 0 Å². The molecule has 0 radical (unpaired) electrons. The van der Waals surface area contributed by atoms with Gasteiger partial charge in [-0.15, -0.1) is 0 Å². The SMILES string of the molecule is CCCCC(CC)COC1CCC(NCC)CC1. The first-order valence-electron chi connectivity index (χ1n) is 8.15. The van der Waals surface area contributed by atoms with Gasteiger partial charge in [-0.3, -0.25) is 0 Å². The van der Waals surface area contributed by atoms with Crippen molar-refractivity contribution in [2.45, 2.75) is 84.3 Å². The van der Waals surface area contributed by atoms with Crippen molar-refractivity contribution in [2.75, 3.05) is 13.2 Å². The summed E-state index contributed by atoms with van der Waals surface area (Å²) in [4.78, 5) is 0. The third-order valence-electron chi connectivity index (χ3n) is 4.28. The molecule has 0 amide bonds. The number of hydrogen-bond acceptors (Lipinski definition) is 2. The molecule has 0 bridgehead atoms. The van der Waals surface area contributed by atoms with Crippen molar-refractivity contribution in [3.8, 4) is 0 Å². The predicted octanol–water partition coefficient (Wildman–Crippen LogP) is 4.14. The third kappa shape index (κ3) is 6.19. The molecule has 0 saturated heterocycles. The van der Waals surface area contributed by atoms with Crippen LogP contribution in [0.3, 0.4) is 0 Å². The average Bonchev–Trinajstić information content (AvgIpc) is 2.41. The molecule has 1 rings (SSSR count). The zero-order chi connectivity index (χ0) is 13.2. The maximum Gasteiger partial charge on any atom is 0.0576 e. The summed E-state index contributed by atoms with van der Waals surface area (Å²) < 4.78 is 6.13. The highest BCUT2D eigenvalue weighted by molar-refractivity contribution is 4.77. The van der Waals surface area contributed by atoms with Crippen LogP contribution < -0.4 is 5.32 Å². The molecular weight excluding hydrogens is 222 g/mol.